The first kappa shape index (κ1) is 14.1. The van der Waals surface area contributed by atoms with Gasteiger partial charge < -0.3 is 5.32 Å². The number of halogens is 1. The summed E-state index contributed by atoms with van der Waals surface area (Å²) in [5.74, 6) is -0.473. The summed E-state index contributed by atoms with van der Waals surface area (Å²) in [6.45, 7) is 2.52. The van der Waals surface area contributed by atoms with Crippen LogP contribution >= 0.6 is 0 Å². The van der Waals surface area contributed by atoms with Crippen LogP contribution in [0.4, 0.5) is 4.39 Å². The average Bonchev–Trinajstić information content (AvgIpc) is 2.35. The molecule has 0 saturated carbocycles. The zero-order valence-corrected chi connectivity index (χ0v) is 10.2. The van der Waals surface area contributed by atoms with Crippen LogP contribution < -0.4 is 10.6 Å². The first-order chi connectivity index (χ1) is 8.65. The van der Waals surface area contributed by atoms with Crippen molar-refractivity contribution < 1.29 is 9.18 Å². The normalized spacial score (nSPS) is 11.6. The van der Waals surface area contributed by atoms with Gasteiger partial charge in [0.15, 0.2) is 0 Å². The molecular formula is C13H16FN3O. The van der Waals surface area contributed by atoms with Crippen LogP contribution in [-0.4, -0.2) is 19.0 Å². The van der Waals surface area contributed by atoms with Crippen LogP contribution in [0.1, 0.15) is 24.9 Å². The van der Waals surface area contributed by atoms with Crippen LogP contribution in [0.2, 0.25) is 0 Å². The predicted molar refractivity (Wildman–Crippen MR) is 66.1 cm³/mol. The van der Waals surface area contributed by atoms with E-state index in [1.807, 2.05) is 6.07 Å². The standard InChI is InChI=1S/C13H16FN3O/c1-10(18)16-7-4-8-17-13(9-15)11-5-2-3-6-12(11)14/h2-3,5-6,13,17H,4,7-8H2,1H3,(H,16,18). The van der Waals surface area contributed by atoms with Gasteiger partial charge in [-0.2, -0.15) is 5.26 Å². The summed E-state index contributed by atoms with van der Waals surface area (Å²) in [5.41, 5.74) is 0.347. The summed E-state index contributed by atoms with van der Waals surface area (Å²) >= 11 is 0. The minimum absolute atomic E-state index is 0.0825. The van der Waals surface area contributed by atoms with E-state index in [2.05, 4.69) is 10.6 Å². The Morgan fingerprint density at radius 1 is 1.44 bits per heavy atom. The van der Waals surface area contributed by atoms with Crippen molar-refractivity contribution in [3.05, 3.63) is 35.6 Å². The maximum atomic E-state index is 13.5. The highest BCUT2D eigenvalue weighted by Gasteiger charge is 2.13. The third-order valence-corrected chi connectivity index (χ3v) is 2.42. The number of nitriles is 1. The molecule has 1 rings (SSSR count). The van der Waals surface area contributed by atoms with Crippen LogP contribution in [0.15, 0.2) is 24.3 Å². The van der Waals surface area contributed by atoms with E-state index in [9.17, 15) is 9.18 Å². The molecule has 1 aromatic rings. The molecule has 1 aromatic carbocycles. The van der Waals surface area contributed by atoms with Gasteiger partial charge in [0.1, 0.15) is 11.9 Å². The van der Waals surface area contributed by atoms with E-state index in [0.29, 0.717) is 25.1 Å². The first-order valence-electron chi connectivity index (χ1n) is 5.77. The molecule has 0 heterocycles. The van der Waals surface area contributed by atoms with Crippen LogP contribution in [0.3, 0.4) is 0 Å². The SMILES string of the molecule is CC(=O)NCCCNC(C#N)c1ccccc1F. The monoisotopic (exact) mass is 249 g/mol. The van der Waals surface area contributed by atoms with Gasteiger partial charge in [-0.1, -0.05) is 18.2 Å². The number of carbonyl (C=O) groups excluding carboxylic acids is 1. The van der Waals surface area contributed by atoms with Gasteiger partial charge in [-0.15, -0.1) is 0 Å². The van der Waals surface area contributed by atoms with Gasteiger partial charge in [0.2, 0.25) is 5.91 Å². The van der Waals surface area contributed by atoms with E-state index < -0.39 is 11.9 Å². The molecule has 0 aromatic heterocycles. The number of hydrogen-bond donors (Lipinski definition) is 2. The van der Waals surface area contributed by atoms with Crippen LogP contribution in [0.5, 0.6) is 0 Å². The van der Waals surface area contributed by atoms with E-state index in [1.165, 1.54) is 13.0 Å². The number of carbonyl (C=O) groups is 1. The van der Waals surface area contributed by atoms with Crippen molar-refractivity contribution in [1.82, 2.24) is 10.6 Å². The smallest absolute Gasteiger partial charge is 0.216 e. The van der Waals surface area contributed by atoms with Gasteiger partial charge in [0.05, 0.1) is 6.07 Å². The molecule has 1 amide bonds. The van der Waals surface area contributed by atoms with Gasteiger partial charge >= 0.3 is 0 Å². The highest BCUT2D eigenvalue weighted by atomic mass is 19.1. The zero-order chi connectivity index (χ0) is 13.4. The predicted octanol–water partition coefficient (Wildman–Crippen LogP) is 1.51. The minimum atomic E-state index is -0.663. The molecular weight excluding hydrogens is 233 g/mol. The maximum absolute atomic E-state index is 13.5. The highest BCUT2D eigenvalue weighted by Crippen LogP contribution is 2.15. The van der Waals surface area contributed by atoms with E-state index in [4.69, 9.17) is 5.26 Å². The van der Waals surface area contributed by atoms with Crippen LogP contribution in [0, 0.1) is 17.1 Å². The molecule has 0 bridgehead atoms. The van der Waals surface area contributed by atoms with E-state index in [-0.39, 0.29) is 5.91 Å². The molecule has 0 fully saturated rings. The Kier molecular flexibility index (Phi) is 5.81. The summed E-state index contributed by atoms with van der Waals surface area (Å²) in [6, 6.07) is 7.56. The number of nitrogens with zero attached hydrogens (tertiary/aromatic N) is 1. The Hall–Kier alpha value is -1.93. The fraction of sp³-hybridized carbons (Fsp3) is 0.385. The molecule has 2 N–H and O–H groups in total. The first-order valence-corrected chi connectivity index (χ1v) is 5.77. The summed E-state index contributed by atoms with van der Waals surface area (Å²) in [6.07, 6.45) is 0.687. The number of hydrogen-bond acceptors (Lipinski definition) is 3. The van der Waals surface area contributed by atoms with Gasteiger partial charge in [-0.25, -0.2) is 4.39 Å². The fourth-order valence-corrected chi connectivity index (χ4v) is 1.53. The Balaban J connectivity index is 2.42. The maximum Gasteiger partial charge on any atom is 0.216 e. The number of benzene rings is 1. The van der Waals surface area contributed by atoms with E-state index >= 15 is 0 Å². The second-order valence-electron chi connectivity index (χ2n) is 3.87. The lowest BCUT2D eigenvalue weighted by molar-refractivity contribution is -0.118. The van der Waals surface area contributed by atoms with Gasteiger partial charge in [-0.05, 0) is 19.0 Å². The molecule has 18 heavy (non-hydrogen) atoms. The van der Waals surface area contributed by atoms with Crippen LogP contribution in [-0.2, 0) is 4.79 Å². The average molecular weight is 249 g/mol. The van der Waals surface area contributed by atoms with Crippen molar-refractivity contribution in [1.29, 1.82) is 5.26 Å². The molecule has 1 atom stereocenters. The Morgan fingerprint density at radius 2 is 2.17 bits per heavy atom. The number of amides is 1. The number of rotatable bonds is 6. The molecule has 0 aliphatic heterocycles. The largest absolute Gasteiger partial charge is 0.356 e. The van der Waals surface area contributed by atoms with Crippen molar-refractivity contribution in [3.8, 4) is 6.07 Å². The molecule has 4 nitrogen and oxygen atoms in total. The quantitative estimate of drug-likeness (QED) is 0.751. The van der Waals surface area contributed by atoms with Crippen molar-refractivity contribution in [2.24, 2.45) is 0 Å². The van der Waals surface area contributed by atoms with E-state index in [1.54, 1.807) is 18.2 Å². The van der Waals surface area contributed by atoms with Crippen LogP contribution in [0.25, 0.3) is 0 Å². The molecule has 1 unspecified atom stereocenters. The summed E-state index contributed by atoms with van der Waals surface area (Å²) in [7, 11) is 0. The van der Waals surface area contributed by atoms with Gasteiger partial charge in [0, 0.05) is 19.0 Å². The van der Waals surface area contributed by atoms with Crippen molar-refractivity contribution in [3.63, 3.8) is 0 Å². The lowest BCUT2D eigenvalue weighted by atomic mass is 10.1. The van der Waals surface area contributed by atoms with Gasteiger partial charge in [-0.3, -0.25) is 10.1 Å². The Bertz CT molecular complexity index is 442. The van der Waals surface area contributed by atoms with Crippen molar-refractivity contribution in [2.45, 2.75) is 19.4 Å². The van der Waals surface area contributed by atoms with Crippen molar-refractivity contribution in [2.75, 3.05) is 13.1 Å². The molecule has 0 aliphatic carbocycles. The Morgan fingerprint density at radius 3 is 2.78 bits per heavy atom. The zero-order valence-electron chi connectivity index (χ0n) is 10.2. The topological polar surface area (TPSA) is 64.9 Å². The number of nitrogens with one attached hydrogen (secondary N) is 2. The highest BCUT2D eigenvalue weighted by molar-refractivity contribution is 5.72. The lowest BCUT2D eigenvalue weighted by Gasteiger charge is -2.12. The summed E-state index contributed by atoms with van der Waals surface area (Å²) < 4.78 is 13.5. The molecule has 96 valence electrons. The summed E-state index contributed by atoms with van der Waals surface area (Å²) in [5, 5.41) is 14.6. The second kappa shape index (κ2) is 7.41. The molecule has 0 spiro atoms. The molecule has 0 aliphatic rings. The minimum Gasteiger partial charge on any atom is -0.356 e. The van der Waals surface area contributed by atoms with Crippen molar-refractivity contribution >= 4 is 5.91 Å². The Labute approximate surface area is 106 Å². The second-order valence-corrected chi connectivity index (χ2v) is 3.87. The molecule has 0 saturated heterocycles. The third-order valence-electron chi connectivity index (χ3n) is 2.42. The molecule has 5 heteroatoms. The van der Waals surface area contributed by atoms with E-state index in [0.717, 1.165) is 0 Å². The molecule has 0 radical (unpaired) electrons. The third kappa shape index (κ3) is 4.52. The summed E-state index contributed by atoms with van der Waals surface area (Å²) in [4.78, 5) is 10.6. The van der Waals surface area contributed by atoms with Gasteiger partial charge in [0.25, 0.3) is 0 Å². The fourth-order valence-electron chi connectivity index (χ4n) is 1.53. The lowest BCUT2D eigenvalue weighted by Crippen LogP contribution is -2.27.